The first-order chi connectivity index (χ1) is 17.6. The summed E-state index contributed by atoms with van der Waals surface area (Å²) in [6, 6.07) is 11.8. The van der Waals surface area contributed by atoms with Crippen molar-refractivity contribution in [1.82, 2.24) is 9.80 Å². The van der Waals surface area contributed by atoms with Crippen LogP contribution in [0.1, 0.15) is 55.5 Å². The fourth-order valence-electron chi connectivity index (χ4n) is 5.15. The van der Waals surface area contributed by atoms with Gasteiger partial charge in [0.2, 0.25) is 0 Å². The maximum atomic E-state index is 14.9. The van der Waals surface area contributed by atoms with E-state index < -0.39 is 23.5 Å². The van der Waals surface area contributed by atoms with Crippen molar-refractivity contribution in [2.24, 2.45) is 5.92 Å². The van der Waals surface area contributed by atoms with Crippen LogP contribution in [0.15, 0.2) is 36.4 Å². The number of nitrogens with zero attached hydrogens (tertiary/aromatic N) is 3. The molecule has 0 aliphatic carbocycles. The molecule has 0 radical (unpaired) electrons. The average Bonchev–Trinajstić information content (AvgIpc) is 2.87. The Balaban J connectivity index is 1.38. The van der Waals surface area contributed by atoms with Gasteiger partial charge in [-0.2, -0.15) is 5.26 Å². The quantitative estimate of drug-likeness (QED) is 0.578. The molecule has 2 fully saturated rings. The Morgan fingerprint density at radius 3 is 2.49 bits per heavy atom. The molecule has 1 atom stereocenters. The van der Waals surface area contributed by atoms with Gasteiger partial charge in [0.25, 0.3) is 5.91 Å². The van der Waals surface area contributed by atoms with E-state index in [1.807, 2.05) is 0 Å². The number of carbonyl (C=O) groups is 1. The monoisotopic (exact) mass is 511 g/mol. The predicted octanol–water partition coefficient (Wildman–Crippen LogP) is 4.80. The Kier molecular flexibility index (Phi) is 8.46. The van der Waals surface area contributed by atoms with Crippen molar-refractivity contribution in [3.63, 3.8) is 0 Å². The predicted molar refractivity (Wildman–Crippen MR) is 138 cm³/mol. The van der Waals surface area contributed by atoms with Crippen molar-refractivity contribution in [3.05, 3.63) is 53.3 Å². The van der Waals surface area contributed by atoms with Gasteiger partial charge in [-0.25, -0.2) is 8.78 Å². The van der Waals surface area contributed by atoms with E-state index in [-0.39, 0.29) is 12.1 Å². The second-order valence-corrected chi connectivity index (χ2v) is 10.8. The van der Waals surface area contributed by atoms with Gasteiger partial charge in [0.05, 0.1) is 23.8 Å². The molecule has 2 aliphatic rings. The van der Waals surface area contributed by atoms with Gasteiger partial charge >= 0.3 is 0 Å². The van der Waals surface area contributed by atoms with E-state index in [2.05, 4.69) is 11.0 Å². The number of halogens is 2. The van der Waals surface area contributed by atoms with Crippen molar-refractivity contribution < 1.29 is 23.4 Å². The number of β-amino-alcohol motifs (C(OH)–C–C–N with tert-alkyl or cyclic N) is 1. The highest BCUT2D eigenvalue weighted by Crippen LogP contribution is 2.29. The van der Waals surface area contributed by atoms with Crippen LogP contribution in [-0.2, 0) is 0 Å². The molecule has 1 amide bonds. The number of aliphatic hydroxyl groups excluding tert-OH is 1. The van der Waals surface area contributed by atoms with E-state index >= 15 is 0 Å². The number of amides is 1. The topological polar surface area (TPSA) is 76.8 Å². The second kappa shape index (κ2) is 11.6. The summed E-state index contributed by atoms with van der Waals surface area (Å²) in [5.74, 6) is -0.243. The summed E-state index contributed by atoms with van der Waals surface area (Å²) in [7, 11) is 0. The Labute approximate surface area is 217 Å². The molecule has 1 unspecified atom stereocenters. The van der Waals surface area contributed by atoms with E-state index in [0.29, 0.717) is 60.9 Å². The van der Waals surface area contributed by atoms with E-state index in [4.69, 9.17) is 4.74 Å². The number of benzene rings is 2. The normalized spacial score (nSPS) is 19.5. The van der Waals surface area contributed by atoms with Gasteiger partial charge in [0.1, 0.15) is 23.3 Å². The highest BCUT2D eigenvalue weighted by atomic mass is 19.1. The molecule has 8 heteroatoms. The largest absolute Gasteiger partial charge is 0.492 e. The molecule has 1 N–H and O–H groups in total. The number of nitriles is 1. The van der Waals surface area contributed by atoms with Crippen LogP contribution < -0.4 is 4.74 Å². The molecule has 6 nitrogen and oxygen atoms in total. The smallest absolute Gasteiger partial charge is 0.256 e. The lowest BCUT2D eigenvalue weighted by Gasteiger charge is -2.34. The van der Waals surface area contributed by atoms with Gasteiger partial charge in [0.15, 0.2) is 0 Å². The number of likely N-dealkylation sites (tertiary alicyclic amines) is 2. The molecule has 0 spiro atoms. The van der Waals surface area contributed by atoms with Crippen molar-refractivity contribution in [2.75, 3.05) is 39.3 Å². The van der Waals surface area contributed by atoms with Crippen LogP contribution in [0.3, 0.4) is 0 Å². The number of rotatable bonds is 7. The van der Waals surface area contributed by atoms with E-state index in [1.54, 1.807) is 38.1 Å². The number of hydrogen-bond acceptors (Lipinski definition) is 5. The minimum Gasteiger partial charge on any atom is -0.492 e. The van der Waals surface area contributed by atoms with E-state index in [0.717, 1.165) is 25.9 Å². The molecule has 0 saturated carbocycles. The lowest BCUT2D eigenvalue weighted by Crippen LogP contribution is -2.42. The molecule has 2 heterocycles. The van der Waals surface area contributed by atoms with Crippen LogP contribution in [0.5, 0.6) is 5.75 Å². The number of ether oxygens (including phenoxy) is 1. The first-order valence-corrected chi connectivity index (χ1v) is 13.0. The second-order valence-electron chi connectivity index (χ2n) is 10.8. The van der Waals surface area contributed by atoms with E-state index in [1.165, 1.54) is 17.0 Å². The molecule has 2 saturated heterocycles. The minimum atomic E-state index is -1.21. The van der Waals surface area contributed by atoms with Gasteiger partial charge in [0, 0.05) is 19.6 Å². The molecule has 2 aromatic carbocycles. The standard InChI is InChI=1S/C29H35F2N3O3/c1-29(2,31)19-33-12-9-20(10-13-33)18-37-27-8-6-21(14-23(27)16-32)22-5-7-25(26(30)15-22)28(36)34-11-3-4-24(35)17-34/h5-8,14-15,20,24,35H,3-4,9-13,17-19H2,1-2H3. The minimum absolute atomic E-state index is 0.0283. The zero-order chi connectivity index (χ0) is 26.6. The Hall–Kier alpha value is -3.02. The molecule has 4 rings (SSSR count). The van der Waals surface area contributed by atoms with Crippen molar-refractivity contribution in [2.45, 2.75) is 51.3 Å². The number of piperidine rings is 2. The summed E-state index contributed by atoms with van der Waals surface area (Å²) < 4.78 is 34.8. The van der Waals surface area contributed by atoms with Crippen LogP contribution >= 0.6 is 0 Å². The third kappa shape index (κ3) is 7.06. The third-order valence-electron chi connectivity index (χ3n) is 7.10. The van der Waals surface area contributed by atoms with E-state index in [9.17, 15) is 23.9 Å². The molecular weight excluding hydrogens is 476 g/mol. The van der Waals surface area contributed by atoms with Crippen LogP contribution in [0.25, 0.3) is 11.1 Å². The molecule has 198 valence electrons. The molecular formula is C29H35F2N3O3. The van der Waals surface area contributed by atoms with Gasteiger partial charge in [-0.15, -0.1) is 0 Å². The lowest BCUT2D eigenvalue weighted by molar-refractivity contribution is 0.0470. The Bertz CT molecular complexity index is 1150. The number of hydrogen-bond donors (Lipinski definition) is 1. The number of alkyl halides is 1. The third-order valence-corrected chi connectivity index (χ3v) is 7.10. The van der Waals surface area contributed by atoms with Crippen LogP contribution in [-0.4, -0.2) is 71.9 Å². The maximum absolute atomic E-state index is 14.9. The fourth-order valence-corrected chi connectivity index (χ4v) is 5.15. The van der Waals surface area contributed by atoms with Gasteiger partial charge in [-0.3, -0.25) is 4.79 Å². The fraction of sp³-hybridized carbons (Fsp3) is 0.517. The molecule has 0 bridgehead atoms. The van der Waals surface area contributed by atoms with Crippen molar-refractivity contribution >= 4 is 5.91 Å². The summed E-state index contributed by atoms with van der Waals surface area (Å²) >= 11 is 0. The summed E-state index contributed by atoms with van der Waals surface area (Å²) in [6.07, 6.45) is 2.58. The zero-order valence-corrected chi connectivity index (χ0v) is 21.6. The van der Waals surface area contributed by atoms with Crippen molar-refractivity contribution in [1.29, 1.82) is 5.26 Å². The highest BCUT2D eigenvalue weighted by molar-refractivity contribution is 5.95. The average molecular weight is 512 g/mol. The van der Waals surface area contributed by atoms with Crippen LogP contribution in [0.2, 0.25) is 0 Å². The maximum Gasteiger partial charge on any atom is 0.256 e. The highest BCUT2D eigenvalue weighted by Gasteiger charge is 2.27. The lowest BCUT2D eigenvalue weighted by atomic mass is 9.96. The first kappa shape index (κ1) is 27.0. The Morgan fingerprint density at radius 2 is 1.84 bits per heavy atom. The SMILES string of the molecule is CC(C)(F)CN1CCC(COc2ccc(-c3ccc(C(=O)N4CCCC(O)C4)c(F)c3)cc2C#N)CC1. The number of aliphatic hydroxyl groups is 1. The molecule has 2 aliphatic heterocycles. The zero-order valence-electron chi connectivity index (χ0n) is 21.6. The van der Waals surface area contributed by atoms with Gasteiger partial charge in [-0.05, 0) is 93.9 Å². The summed E-state index contributed by atoms with van der Waals surface area (Å²) in [5, 5.41) is 19.5. The summed E-state index contributed by atoms with van der Waals surface area (Å²) in [5.41, 5.74) is 0.329. The van der Waals surface area contributed by atoms with Crippen molar-refractivity contribution in [3.8, 4) is 22.9 Å². The van der Waals surface area contributed by atoms with Gasteiger partial charge < -0.3 is 19.6 Å². The Morgan fingerprint density at radius 1 is 1.14 bits per heavy atom. The molecule has 2 aromatic rings. The molecule has 0 aromatic heterocycles. The number of carbonyl (C=O) groups excluding carboxylic acids is 1. The van der Waals surface area contributed by atoms with Crippen LogP contribution in [0.4, 0.5) is 8.78 Å². The van der Waals surface area contributed by atoms with Gasteiger partial charge in [-0.1, -0.05) is 12.1 Å². The molecule has 37 heavy (non-hydrogen) atoms. The van der Waals surface area contributed by atoms with Crippen LogP contribution in [0, 0.1) is 23.1 Å². The summed E-state index contributed by atoms with van der Waals surface area (Å²) in [4.78, 5) is 16.4. The summed E-state index contributed by atoms with van der Waals surface area (Å²) in [6.45, 7) is 6.47. The first-order valence-electron chi connectivity index (χ1n) is 13.0.